The third-order valence-corrected chi connectivity index (χ3v) is 15.6. The third-order valence-electron chi connectivity index (χ3n) is 13.4. The molecule has 0 fully saturated rings. The molecule has 4 heterocycles. The van der Waals surface area contributed by atoms with Gasteiger partial charge >= 0.3 is 0 Å². The van der Waals surface area contributed by atoms with Crippen LogP contribution in [0.4, 0.5) is 0 Å². The predicted molar refractivity (Wildman–Crippen MR) is 261 cm³/mol. The topological polar surface area (TPSA) is 30.7 Å². The number of para-hydroxylation sites is 1. The zero-order valence-electron chi connectivity index (χ0n) is 33.5. The fourth-order valence-corrected chi connectivity index (χ4v) is 12.7. The van der Waals surface area contributed by atoms with E-state index in [-0.39, 0.29) is 5.92 Å². The molecule has 0 bridgehead atoms. The lowest BCUT2D eigenvalue weighted by Crippen LogP contribution is -2.08. The summed E-state index contributed by atoms with van der Waals surface area (Å²) >= 11 is 3.67. The number of benzene rings is 9. The molecule has 3 aromatic heterocycles. The van der Waals surface area contributed by atoms with Gasteiger partial charge in [-0.15, -0.1) is 11.3 Å². The minimum atomic E-state index is 0.0244. The predicted octanol–water partition coefficient (Wildman–Crippen LogP) is 15.8. The van der Waals surface area contributed by atoms with Gasteiger partial charge in [0.25, 0.3) is 0 Å². The molecular formula is C57H35N3S2. The second-order valence-corrected chi connectivity index (χ2v) is 18.9. The first-order valence-corrected chi connectivity index (χ1v) is 23.0. The third kappa shape index (κ3) is 5.13. The van der Waals surface area contributed by atoms with Crippen LogP contribution in [0, 0.1) is 0 Å². The molecule has 1 aliphatic heterocycles. The molecule has 0 N–H and O–H groups in total. The number of rotatable bonds is 3. The smallest absolute Gasteiger partial charge is 0.138 e. The number of nitrogens with zero attached hydrogens (tertiary/aromatic N) is 3. The van der Waals surface area contributed by atoms with Gasteiger partial charge in [-0.3, -0.25) is 0 Å². The lowest BCUT2D eigenvalue weighted by molar-refractivity contribution is 0.685. The van der Waals surface area contributed by atoms with E-state index in [2.05, 4.69) is 187 Å². The minimum absolute atomic E-state index is 0.0244. The number of aromatic nitrogens is 3. The Labute approximate surface area is 366 Å². The van der Waals surface area contributed by atoms with E-state index in [1.54, 1.807) is 11.3 Å². The number of thiophene rings is 1. The molecule has 0 amide bonds. The van der Waals surface area contributed by atoms with Gasteiger partial charge in [0, 0.05) is 47.5 Å². The number of fused-ring (bicyclic) bond motifs is 13. The van der Waals surface area contributed by atoms with E-state index in [0.29, 0.717) is 0 Å². The van der Waals surface area contributed by atoms with Crippen molar-refractivity contribution in [3.8, 4) is 39.2 Å². The van der Waals surface area contributed by atoms with Crippen molar-refractivity contribution in [3.05, 3.63) is 199 Å². The first-order chi connectivity index (χ1) is 30.7. The maximum atomic E-state index is 5.61. The Bertz CT molecular complexity index is 3870. The monoisotopic (exact) mass is 825 g/mol. The summed E-state index contributed by atoms with van der Waals surface area (Å²) in [6.45, 7) is 0. The van der Waals surface area contributed by atoms with Crippen LogP contribution in [0.1, 0.15) is 29.3 Å². The molecular weight excluding hydrogens is 791 g/mol. The summed E-state index contributed by atoms with van der Waals surface area (Å²) in [6, 6.07) is 67.5. The van der Waals surface area contributed by atoms with Crippen LogP contribution in [-0.4, -0.2) is 14.5 Å². The number of hydrogen-bond acceptors (Lipinski definition) is 4. The SMILES string of the molecule is c1ccc2c(c1)CCC(c1nc(-c3ccc4ccccc4c3)c3c(n1)sc1ccccc13)c1ccc(-c3ccc4c(c3)Sc3cccc5c6cc7ccccc7cc6n-4c35)cc1-2. The highest BCUT2D eigenvalue weighted by Crippen LogP contribution is 2.50. The average Bonchev–Trinajstić information content (AvgIpc) is 3.81. The maximum absolute atomic E-state index is 5.61. The molecule has 2 aliphatic rings. The zero-order chi connectivity index (χ0) is 40.5. The number of hydrogen-bond donors (Lipinski definition) is 0. The van der Waals surface area contributed by atoms with Gasteiger partial charge in [-0.05, 0) is 116 Å². The molecule has 0 saturated carbocycles. The van der Waals surface area contributed by atoms with E-state index in [1.165, 1.54) is 102 Å². The second-order valence-electron chi connectivity index (χ2n) is 16.8. The van der Waals surface area contributed by atoms with Crippen LogP contribution in [0.3, 0.4) is 0 Å². The molecule has 12 aromatic rings. The standard InChI is InChI=1S/C57H35N3S2/c1-2-12-35-28-40(21-20-33(35)10-1)54-53-45-16-7-8-18-50(45)62-57(53)59-56(58-54)44-26-22-34-11-5-6-15-41(34)46-29-38(23-25-42(44)46)39-24-27-48-52(32-39)61-51-19-9-17-43-47-30-36-13-3-4-14-37(36)31-49(47)60(48)55(43)51/h1-21,23-25,27-32,44H,22,26H2. The van der Waals surface area contributed by atoms with Crippen LogP contribution in [0.15, 0.2) is 192 Å². The Balaban J connectivity index is 0.928. The highest BCUT2D eigenvalue weighted by Gasteiger charge is 2.29. The Morgan fingerprint density at radius 2 is 1.26 bits per heavy atom. The molecule has 3 nitrogen and oxygen atoms in total. The van der Waals surface area contributed by atoms with E-state index < -0.39 is 0 Å². The Kier molecular flexibility index (Phi) is 7.39. The van der Waals surface area contributed by atoms with Crippen molar-refractivity contribution >= 4 is 86.8 Å². The number of aryl methyl sites for hydroxylation is 1. The van der Waals surface area contributed by atoms with Crippen LogP contribution < -0.4 is 0 Å². The van der Waals surface area contributed by atoms with Crippen LogP contribution in [0.25, 0.3) is 103 Å². The van der Waals surface area contributed by atoms with E-state index in [1.807, 2.05) is 11.8 Å². The molecule has 62 heavy (non-hydrogen) atoms. The fourth-order valence-electron chi connectivity index (χ4n) is 10.5. The summed E-state index contributed by atoms with van der Waals surface area (Å²) in [5.74, 6) is 0.923. The largest absolute Gasteiger partial charge is 0.307 e. The summed E-state index contributed by atoms with van der Waals surface area (Å²) in [4.78, 5) is 14.7. The van der Waals surface area contributed by atoms with Crippen molar-refractivity contribution in [3.63, 3.8) is 0 Å². The fraction of sp³-hybridized carbons (Fsp3) is 0.0526. The van der Waals surface area contributed by atoms with Crippen molar-refractivity contribution < 1.29 is 0 Å². The highest BCUT2D eigenvalue weighted by molar-refractivity contribution is 7.99. The Hall–Kier alpha value is -7.05. The van der Waals surface area contributed by atoms with Crippen molar-refractivity contribution in [2.75, 3.05) is 0 Å². The van der Waals surface area contributed by atoms with Crippen molar-refractivity contribution in [2.24, 2.45) is 0 Å². The zero-order valence-corrected chi connectivity index (χ0v) is 35.1. The van der Waals surface area contributed by atoms with Gasteiger partial charge in [-0.2, -0.15) is 0 Å². The minimum Gasteiger partial charge on any atom is -0.307 e. The van der Waals surface area contributed by atoms with E-state index in [4.69, 9.17) is 9.97 Å². The van der Waals surface area contributed by atoms with Crippen LogP contribution in [0.5, 0.6) is 0 Å². The summed E-state index contributed by atoms with van der Waals surface area (Å²) in [7, 11) is 0. The lowest BCUT2D eigenvalue weighted by Gasteiger charge is -2.22. The molecule has 1 atom stereocenters. The second kappa shape index (κ2) is 13.2. The molecule has 1 aliphatic carbocycles. The van der Waals surface area contributed by atoms with Gasteiger partial charge in [-0.25, -0.2) is 9.97 Å². The van der Waals surface area contributed by atoms with Crippen LogP contribution in [-0.2, 0) is 6.42 Å². The molecule has 1 unspecified atom stereocenters. The molecule has 9 aromatic carbocycles. The Morgan fingerprint density at radius 1 is 0.516 bits per heavy atom. The summed E-state index contributed by atoms with van der Waals surface area (Å²) < 4.78 is 3.74. The normalized spacial score (nSPS) is 14.4. The van der Waals surface area contributed by atoms with Gasteiger partial charge in [-0.1, -0.05) is 145 Å². The van der Waals surface area contributed by atoms with E-state index in [9.17, 15) is 0 Å². The quantitative estimate of drug-likeness (QED) is 0.178. The van der Waals surface area contributed by atoms with E-state index >= 15 is 0 Å². The van der Waals surface area contributed by atoms with Crippen molar-refractivity contribution in [1.82, 2.24) is 14.5 Å². The van der Waals surface area contributed by atoms with E-state index in [0.717, 1.165) is 40.1 Å². The van der Waals surface area contributed by atoms with Gasteiger partial charge in [0.15, 0.2) is 0 Å². The molecule has 290 valence electrons. The molecule has 5 heteroatoms. The summed E-state index contributed by atoms with van der Waals surface area (Å²) in [5.41, 5.74) is 13.6. The summed E-state index contributed by atoms with van der Waals surface area (Å²) in [5, 5.41) is 9.96. The molecule has 0 spiro atoms. The first-order valence-electron chi connectivity index (χ1n) is 21.4. The summed E-state index contributed by atoms with van der Waals surface area (Å²) in [6.07, 6.45) is 1.88. The average molecular weight is 826 g/mol. The first kappa shape index (κ1) is 34.6. The highest BCUT2D eigenvalue weighted by atomic mass is 32.2. The van der Waals surface area contributed by atoms with Gasteiger partial charge in [0.1, 0.15) is 10.7 Å². The lowest BCUT2D eigenvalue weighted by atomic mass is 9.88. The van der Waals surface area contributed by atoms with Gasteiger partial charge < -0.3 is 4.57 Å². The van der Waals surface area contributed by atoms with Gasteiger partial charge in [0.05, 0.1) is 22.4 Å². The van der Waals surface area contributed by atoms with Gasteiger partial charge in [0.2, 0.25) is 0 Å². The maximum Gasteiger partial charge on any atom is 0.138 e. The Morgan fingerprint density at radius 3 is 2.18 bits per heavy atom. The van der Waals surface area contributed by atoms with Crippen LogP contribution in [0.2, 0.25) is 0 Å². The van der Waals surface area contributed by atoms with Crippen LogP contribution >= 0.6 is 23.1 Å². The molecule has 14 rings (SSSR count). The molecule has 0 saturated heterocycles. The van der Waals surface area contributed by atoms with Crippen molar-refractivity contribution in [1.29, 1.82) is 0 Å². The van der Waals surface area contributed by atoms with Crippen molar-refractivity contribution in [2.45, 2.75) is 28.6 Å². The molecule has 0 radical (unpaired) electrons.